The number of anilines is 2. The summed E-state index contributed by atoms with van der Waals surface area (Å²) in [5.74, 6) is 1.54. The summed E-state index contributed by atoms with van der Waals surface area (Å²) in [5, 5.41) is 21.1. The largest absolute Gasteiger partial charge is 0.393 e. The van der Waals surface area contributed by atoms with Crippen molar-refractivity contribution in [2.45, 2.75) is 62.9 Å². The molecule has 0 spiro atoms. The van der Waals surface area contributed by atoms with Crippen molar-refractivity contribution in [2.75, 3.05) is 30.4 Å². The van der Waals surface area contributed by atoms with E-state index in [1.807, 2.05) is 35.1 Å². The number of carbonyl (C=O) groups is 1. The van der Waals surface area contributed by atoms with Crippen molar-refractivity contribution >= 4 is 28.6 Å². The smallest absolute Gasteiger partial charge is 0.318 e. The number of hydrogen-bond acceptors (Lipinski definition) is 7. The maximum absolute atomic E-state index is 11.7. The van der Waals surface area contributed by atoms with Gasteiger partial charge in [-0.1, -0.05) is 0 Å². The van der Waals surface area contributed by atoms with Crippen molar-refractivity contribution in [1.29, 1.82) is 0 Å². The third-order valence-corrected chi connectivity index (χ3v) is 7.42. The number of ether oxygens (including phenoxy) is 1. The first-order chi connectivity index (χ1) is 17.1. The summed E-state index contributed by atoms with van der Waals surface area (Å²) in [4.78, 5) is 24.0. The minimum absolute atomic E-state index is 0.214. The highest BCUT2D eigenvalue weighted by atomic mass is 16.5. The van der Waals surface area contributed by atoms with Gasteiger partial charge in [-0.15, -0.1) is 0 Å². The molecule has 0 radical (unpaired) electrons. The van der Waals surface area contributed by atoms with Crippen molar-refractivity contribution in [1.82, 2.24) is 25.1 Å². The molecule has 3 N–H and O–H groups in total. The number of benzene rings is 1. The van der Waals surface area contributed by atoms with Crippen molar-refractivity contribution in [3.05, 3.63) is 30.5 Å². The quantitative estimate of drug-likeness (QED) is 0.529. The molecule has 2 atom stereocenters. The average Bonchev–Trinajstić information content (AvgIpc) is 3.46. The number of aliphatic hydroxyl groups is 1. The van der Waals surface area contributed by atoms with Crippen LogP contribution < -0.4 is 15.5 Å². The topological polar surface area (TPSA) is 117 Å². The van der Waals surface area contributed by atoms with Crippen LogP contribution in [0.5, 0.6) is 0 Å². The maximum Gasteiger partial charge on any atom is 0.318 e. The summed E-state index contributed by atoms with van der Waals surface area (Å²) in [5.41, 5.74) is 2.40. The summed E-state index contributed by atoms with van der Waals surface area (Å²) >= 11 is 0. The van der Waals surface area contributed by atoms with Gasteiger partial charge in [-0.2, -0.15) is 5.10 Å². The van der Waals surface area contributed by atoms with Gasteiger partial charge in [0.1, 0.15) is 5.82 Å². The zero-order valence-corrected chi connectivity index (χ0v) is 19.9. The molecule has 2 aliphatic heterocycles. The predicted molar refractivity (Wildman–Crippen MR) is 132 cm³/mol. The van der Waals surface area contributed by atoms with Crippen molar-refractivity contribution in [3.8, 4) is 11.4 Å². The SMILES string of the molecule is CNC(=O)Nc1ccc(-c2nc(N3C[C@H]4CC[C@@H](C3)O4)c3cnn(C4CCC(O)CC4)c3n2)cc1. The number of aliphatic hydroxyl groups excluding tert-OH is 1. The van der Waals surface area contributed by atoms with Gasteiger partial charge in [0, 0.05) is 31.4 Å². The lowest BCUT2D eigenvalue weighted by Crippen LogP contribution is -2.43. The van der Waals surface area contributed by atoms with Crippen LogP contribution in [0.1, 0.15) is 44.6 Å². The molecule has 1 aliphatic carbocycles. The Labute approximate surface area is 203 Å². The Morgan fingerprint density at radius 2 is 1.74 bits per heavy atom. The van der Waals surface area contributed by atoms with E-state index in [9.17, 15) is 9.90 Å². The number of amides is 2. The van der Waals surface area contributed by atoms with Crippen molar-refractivity contribution < 1.29 is 14.6 Å². The van der Waals surface area contributed by atoms with E-state index in [1.165, 1.54) is 0 Å². The van der Waals surface area contributed by atoms with E-state index < -0.39 is 0 Å². The lowest BCUT2D eigenvalue weighted by atomic mass is 9.93. The Bertz CT molecular complexity index is 1210. The fraction of sp³-hybridized carbons (Fsp3) is 0.520. The first-order valence-corrected chi connectivity index (χ1v) is 12.5. The number of rotatable bonds is 4. The molecule has 2 saturated heterocycles. The van der Waals surface area contributed by atoms with Gasteiger partial charge in [0.05, 0.1) is 35.9 Å². The minimum atomic E-state index is -0.263. The highest BCUT2D eigenvalue weighted by Crippen LogP contribution is 2.36. The molecule has 1 saturated carbocycles. The number of carbonyl (C=O) groups excluding carboxylic acids is 1. The van der Waals surface area contributed by atoms with Crippen LogP contribution in [0.15, 0.2) is 30.5 Å². The molecule has 3 aliphatic rings. The van der Waals surface area contributed by atoms with Crippen LogP contribution in [0.3, 0.4) is 0 Å². The number of hydrogen-bond donors (Lipinski definition) is 3. The normalized spacial score (nSPS) is 26.2. The molecule has 1 aromatic carbocycles. The molecule has 4 heterocycles. The van der Waals surface area contributed by atoms with Crippen molar-refractivity contribution in [3.63, 3.8) is 0 Å². The monoisotopic (exact) mass is 477 g/mol. The molecule has 184 valence electrons. The third kappa shape index (κ3) is 4.32. The minimum Gasteiger partial charge on any atom is -0.393 e. The zero-order chi connectivity index (χ0) is 23.9. The summed E-state index contributed by atoms with van der Waals surface area (Å²) in [7, 11) is 1.59. The summed E-state index contributed by atoms with van der Waals surface area (Å²) in [6.45, 7) is 1.63. The van der Waals surface area contributed by atoms with Crippen LogP contribution in [-0.2, 0) is 4.74 Å². The Balaban J connectivity index is 1.40. The van der Waals surface area contributed by atoms with E-state index in [1.54, 1.807) is 7.05 Å². The molecule has 2 bridgehead atoms. The summed E-state index contributed by atoms with van der Waals surface area (Å²) in [6, 6.07) is 7.51. The Morgan fingerprint density at radius 1 is 1.03 bits per heavy atom. The van der Waals surface area contributed by atoms with E-state index >= 15 is 0 Å². The average molecular weight is 478 g/mol. The van der Waals surface area contributed by atoms with Gasteiger partial charge in [0.25, 0.3) is 0 Å². The molecule has 3 aromatic rings. The van der Waals surface area contributed by atoms with Crippen LogP contribution in [0, 0.1) is 0 Å². The molecule has 2 amide bonds. The van der Waals surface area contributed by atoms with Gasteiger partial charge < -0.3 is 25.4 Å². The van der Waals surface area contributed by atoms with Crippen LogP contribution in [0.4, 0.5) is 16.3 Å². The van der Waals surface area contributed by atoms with Gasteiger partial charge in [0.2, 0.25) is 0 Å². The van der Waals surface area contributed by atoms with Crippen LogP contribution >= 0.6 is 0 Å². The highest BCUT2D eigenvalue weighted by Gasteiger charge is 2.35. The molecular weight excluding hydrogens is 446 g/mol. The Kier molecular flexibility index (Phi) is 5.77. The molecule has 0 unspecified atom stereocenters. The number of nitrogens with one attached hydrogen (secondary N) is 2. The van der Waals surface area contributed by atoms with Crippen molar-refractivity contribution in [2.24, 2.45) is 0 Å². The number of morpholine rings is 1. The maximum atomic E-state index is 11.7. The standard InChI is InChI=1S/C25H31N7O3/c1-26-25(34)28-16-4-2-15(3-5-16)22-29-23(31-13-19-10-11-20(14-31)35-19)21-12-27-32(24(21)30-22)17-6-8-18(33)9-7-17/h2-5,12,17-20,33H,6-11,13-14H2,1H3,(H2,26,28,34)/t17?,18?,19-,20+. The molecular formula is C25H31N7O3. The molecule has 6 rings (SSSR count). The molecule has 2 aromatic heterocycles. The van der Waals surface area contributed by atoms with E-state index in [2.05, 4.69) is 15.5 Å². The molecule has 10 heteroatoms. The van der Waals surface area contributed by atoms with Gasteiger partial charge in [-0.05, 0) is 62.8 Å². The Hall–Kier alpha value is -3.24. The second-order valence-electron chi connectivity index (χ2n) is 9.80. The number of nitrogens with zero attached hydrogens (tertiary/aromatic N) is 5. The Morgan fingerprint density at radius 3 is 2.43 bits per heavy atom. The first-order valence-electron chi connectivity index (χ1n) is 12.5. The molecule has 3 fully saturated rings. The number of aromatic nitrogens is 4. The fourth-order valence-corrected chi connectivity index (χ4v) is 5.53. The van der Waals surface area contributed by atoms with Crippen LogP contribution in [0.2, 0.25) is 0 Å². The van der Waals surface area contributed by atoms with Gasteiger partial charge in [-0.3, -0.25) is 0 Å². The lowest BCUT2D eigenvalue weighted by molar-refractivity contribution is 0.0303. The van der Waals surface area contributed by atoms with Crippen LogP contribution in [-0.4, -0.2) is 69.3 Å². The van der Waals surface area contributed by atoms with Gasteiger partial charge in [-0.25, -0.2) is 19.4 Å². The summed E-state index contributed by atoms with van der Waals surface area (Å²) < 4.78 is 8.11. The first kappa shape index (κ1) is 22.2. The second-order valence-corrected chi connectivity index (χ2v) is 9.80. The molecule has 35 heavy (non-hydrogen) atoms. The lowest BCUT2D eigenvalue weighted by Gasteiger charge is -2.33. The zero-order valence-electron chi connectivity index (χ0n) is 19.9. The van der Waals surface area contributed by atoms with Crippen LogP contribution in [0.25, 0.3) is 22.4 Å². The number of fused-ring (bicyclic) bond motifs is 3. The van der Waals surface area contributed by atoms with Gasteiger partial charge in [0.15, 0.2) is 11.5 Å². The highest BCUT2D eigenvalue weighted by molar-refractivity contribution is 5.90. The van der Waals surface area contributed by atoms with E-state index in [4.69, 9.17) is 19.8 Å². The second kappa shape index (κ2) is 9.09. The summed E-state index contributed by atoms with van der Waals surface area (Å²) in [6.07, 6.45) is 7.67. The fourth-order valence-electron chi connectivity index (χ4n) is 5.53. The van der Waals surface area contributed by atoms with E-state index in [0.717, 1.165) is 74.0 Å². The number of urea groups is 1. The van der Waals surface area contributed by atoms with Gasteiger partial charge >= 0.3 is 6.03 Å². The van der Waals surface area contributed by atoms with E-state index in [0.29, 0.717) is 11.5 Å². The van der Waals surface area contributed by atoms with E-state index in [-0.39, 0.29) is 30.4 Å². The predicted octanol–water partition coefficient (Wildman–Crippen LogP) is 3.09. The molecule has 10 nitrogen and oxygen atoms in total. The third-order valence-electron chi connectivity index (χ3n) is 7.42.